The van der Waals surface area contributed by atoms with Gasteiger partial charge in [0.25, 0.3) is 0 Å². The van der Waals surface area contributed by atoms with E-state index in [1.807, 2.05) is 0 Å². The van der Waals surface area contributed by atoms with Gasteiger partial charge in [-0.25, -0.2) is 0 Å². The topological polar surface area (TPSA) is 0 Å². The minimum atomic E-state index is -0.945. The van der Waals surface area contributed by atoms with E-state index in [0.717, 1.165) is 0 Å². The first-order valence-corrected chi connectivity index (χ1v) is 17.6. The summed E-state index contributed by atoms with van der Waals surface area (Å²) in [6.07, 6.45) is 37.6. The van der Waals surface area contributed by atoms with Crippen LogP contribution in [0.4, 0.5) is 0 Å². The minimum absolute atomic E-state index is 0.945. The molecule has 0 saturated heterocycles. The predicted octanol–water partition coefficient (Wildman–Crippen LogP) is 11.0. The summed E-state index contributed by atoms with van der Waals surface area (Å²) >= 11 is 0. The summed E-state index contributed by atoms with van der Waals surface area (Å²) in [6, 6.07) is 0. The molecule has 0 aromatic carbocycles. The van der Waals surface area contributed by atoms with Crippen LogP contribution in [0.25, 0.3) is 0 Å². The molecule has 0 heterocycles. The molecule has 0 unspecified atom stereocenters. The van der Waals surface area contributed by atoms with Gasteiger partial charge in [0.05, 0.1) is 0 Å². The van der Waals surface area contributed by atoms with Gasteiger partial charge >= 0.3 is 155 Å². The summed E-state index contributed by atoms with van der Waals surface area (Å²) in [5.74, 6) is 0. The van der Waals surface area contributed by atoms with Gasteiger partial charge in [0, 0.05) is 0 Å². The van der Waals surface area contributed by atoms with Crippen LogP contribution in [0, 0.1) is 0 Å². The van der Waals surface area contributed by atoms with Crippen molar-refractivity contribution >= 4 is 7.26 Å². The van der Waals surface area contributed by atoms with Crippen molar-refractivity contribution in [3.8, 4) is 0 Å². The molecule has 0 nitrogen and oxygen atoms in total. The summed E-state index contributed by atoms with van der Waals surface area (Å²) in [5, 5.41) is 0. The molecule has 0 amide bonds. The SMILES string of the molecule is CCCCCCCCCCCCCCCCCC[PH](CCC)(CCCC)CCCC. The summed E-state index contributed by atoms with van der Waals surface area (Å²) in [4.78, 5) is 0. The summed E-state index contributed by atoms with van der Waals surface area (Å²) in [5.41, 5.74) is 0. The van der Waals surface area contributed by atoms with Crippen molar-refractivity contribution in [3.05, 3.63) is 0 Å². The van der Waals surface area contributed by atoms with E-state index in [0.29, 0.717) is 0 Å². The molecule has 0 atom stereocenters. The Balaban J connectivity index is 3.62. The molecule has 184 valence electrons. The first-order valence-electron chi connectivity index (χ1n) is 14.7. The van der Waals surface area contributed by atoms with Crippen molar-refractivity contribution in [1.29, 1.82) is 0 Å². The van der Waals surface area contributed by atoms with E-state index in [9.17, 15) is 0 Å². The molecule has 0 aromatic rings. The number of rotatable bonds is 25. The molecule has 0 N–H and O–H groups in total. The van der Waals surface area contributed by atoms with Crippen LogP contribution < -0.4 is 0 Å². The van der Waals surface area contributed by atoms with E-state index in [4.69, 9.17) is 0 Å². The van der Waals surface area contributed by atoms with E-state index in [1.165, 1.54) is 128 Å². The third-order valence-corrected chi connectivity index (χ3v) is 13.3. The van der Waals surface area contributed by atoms with Crippen molar-refractivity contribution in [2.45, 2.75) is 163 Å². The van der Waals surface area contributed by atoms with Crippen molar-refractivity contribution < 1.29 is 0 Å². The molecule has 30 heavy (non-hydrogen) atoms. The molecule has 0 saturated carbocycles. The van der Waals surface area contributed by atoms with E-state index >= 15 is 0 Å². The predicted molar refractivity (Wildman–Crippen MR) is 147 cm³/mol. The second-order valence-electron chi connectivity index (χ2n) is 10.5. The van der Waals surface area contributed by atoms with Gasteiger partial charge in [-0.3, -0.25) is 0 Å². The van der Waals surface area contributed by atoms with Gasteiger partial charge in [-0.2, -0.15) is 0 Å². The zero-order chi connectivity index (χ0) is 22.2. The standard InChI is InChI=1S/C29H63P/c1-5-9-12-13-14-15-16-17-18-19-20-21-22-23-24-25-29-30(26-8-4,27-10-6-2)28-11-7-3/h30H,5-29H2,1-4H3. The number of hydrogen-bond donors (Lipinski definition) is 0. The zero-order valence-corrected chi connectivity index (χ0v) is 23.2. The Morgan fingerprint density at radius 1 is 0.267 bits per heavy atom. The van der Waals surface area contributed by atoms with Crippen LogP contribution in [-0.2, 0) is 0 Å². The first-order chi connectivity index (χ1) is 14.7. The second kappa shape index (κ2) is 24.1. The van der Waals surface area contributed by atoms with Crippen LogP contribution in [0.15, 0.2) is 0 Å². The Bertz CT molecular complexity index is 303. The van der Waals surface area contributed by atoms with Crippen LogP contribution in [0.2, 0.25) is 0 Å². The van der Waals surface area contributed by atoms with Crippen LogP contribution in [0.1, 0.15) is 163 Å². The second-order valence-corrected chi connectivity index (χ2v) is 15.5. The molecule has 0 aliphatic heterocycles. The maximum absolute atomic E-state index is 2.44. The fourth-order valence-corrected chi connectivity index (χ4v) is 11.2. The molecule has 0 spiro atoms. The molecule has 0 rings (SSSR count). The zero-order valence-electron chi connectivity index (χ0n) is 22.2. The van der Waals surface area contributed by atoms with Crippen LogP contribution in [0.3, 0.4) is 0 Å². The van der Waals surface area contributed by atoms with Crippen molar-refractivity contribution in [1.82, 2.24) is 0 Å². The molecular weight excluding hydrogens is 379 g/mol. The molecule has 0 fully saturated rings. The average Bonchev–Trinajstić information content (AvgIpc) is 2.76. The molecule has 0 bridgehead atoms. The maximum atomic E-state index is 2.44. The molecule has 1 heteroatoms. The van der Waals surface area contributed by atoms with Crippen LogP contribution >= 0.6 is 7.26 Å². The normalized spacial score (nSPS) is 12.5. The van der Waals surface area contributed by atoms with E-state index in [-0.39, 0.29) is 0 Å². The average molecular weight is 443 g/mol. The summed E-state index contributed by atoms with van der Waals surface area (Å²) in [6.45, 7) is 9.52. The molecule has 0 aromatic heterocycles. The van der Waals surface area contributed by atoms with Crippen molar-refractivity contribution in [2.75, 3.05) is 24.6 Å². The van der Waals surface area contributed by atoms with Crippen LogP contribution in [0.5, 0.6) is 0 Å². The summed E-state index contributed by atoms with van der Waals surface area (Å²) < 4.78 is 0. The fraction of sp³-hybridized carbons (Fsp3) is 1.00. The quantitative estimate of drug-likeness (QED) is 0.0973. The fourth-order valence-electron chi connectivity index (χ4n) is 5.43. The van der Waals surface area contributed by atoms with E-state index < -0.39 is 7.26 Å². The van der Waals surface area contributed by atoms with Crippen LogP contribution in [-0.4, -0.2) is 24.6 Å². The van der Waals surface area contributed by atoms with Crippen molar-refractivity contribution in [2.24, 2.45) is 0 Å². The van der Waals surface area contributed by atoms with Crippen molar-refractivity contribution in [3.63, 3.8) is 0 Å². The van der Waals surface area contributed by atoms with Gasteiger partial charge in [-0.15, -0.1) is 0 Å². The van der Waals surface area contributed by atoms with E-state index in [1.54, 1.807) is 31.1 Å². The van der Waals surface area contributed by atoms with Gasteiger partial charge in [0.15, 0.2) is 0 Å². The summed E-state index contributed by atoms with van der Waals surface area (Å²) in [7, 11) is -0.945. The Hall–Kier alpha value is 0.430. The van der Waals surface area contributed by atoms with Gasteiger partial charge in [-0.05, 0) is 0 Å². The molecule has 0 radical (unpaired) electrons. The molecule has 0 aliphatic carbocycles. The monoisotopic (exact) mass is 442 g/mol. The van der Waals surface area contributed by atoms with Gasteiger partial charge in [0.1, 0.15) is 0 Å². The molecule has 0 aliphatic rings. The molecular formula is C29H63P. The number of unbranched alkanes of at least 4 members (excludes halogenated alkanes) is 17. The Kier molecular flexibility index (Phi) is 24.4. The Morgan fingerprint density at radius 2 is 0.567 bits per heavy atom. The Morgan fingerprint density at radius 3 is 0.900 bits per heavy atom. The van der Waals surface area contributed by atoms with Gasteiger partial charge in [0.2, 0.25) is 0 Å². The number of hydrogen-bond acceptors (Lipinski definition) is 0. The van der Waals surface area contributed by atoms with Gasteiger partial charge < -0.3 is 0 Å². The first kappa shape index (κ1) is 30.4. The van der Waals surface area contributed by atoms with Gasteiger partial charge in [-0.1, -0.05) is 39.0 Å². The third kappa shape index (κ3) is 19.1. The van der Waals surface area contributed by atoms with E-state index in [2.05, 4.69) is 27.7 Å². The Labute approximate surface area is 194 Å². The third-order valence-electron chi connectivity index (χ3n) is 7.46.